The average molecular weight is 567 g/mol. The summed E-state index contributed by atoms with van der Waals surface area (Å²) >= 11 is 0. The number of carbonyl (C=O) groups excluding carboxylic acids is 2. The van der Waals surface area contributed by atoms with E-state index in [1.54, 1.807) is 6.07 Å². The third-order valence-electron chi connectivity index (χ3n) is 6.75. The molecule has 2 aromatic carbocycles. The number of hydrogen-bond acceptors (Lipinski definition) is 6. The van der Waals surface area contributed by atoms with Crippen molar-refractivity contribution >= 4 is 27.9 Å². The monoisotopic (exact) mass is 566 g/mol. The molecule has 0 aromatic heterocycles. The molecule has 1 heterocycles. The number of halogens is 2. The van der Waals surface area contributed by atoms with Gasteiger partial charge in [0.15, 0.2) is 9.84 Å². The van der Waals surface area contributed by atoms with Gasteiger partial charge in [-0.25, -0.2) is 8.42 Å². The lowest BCUT2D eigenvalue weighted by atomic mass is 9.99. The SMILES string of the molecule is CC(F)(F)C(=O)N1CCc2ccc(S(C)(=O)=O)cc2C1.CCCC(CCC)N(C)c1ccccc1COC=O. The first-order chi connectivity index (χ1) is 18.3. The third kappa shape index (κ3) is 9.30. The van der Waals surface area contributed by atoms with Crippen molar-refractivity contribution in [2.75, 3.05) is 24.7 Å². The Bertz CT molecular complexity index is 1210. The fourth-order valence-corrected chi connectivity index (χ4v) is 5.38. The number of rotatable bonds is 11. The first kappa shape index (κ1) is 32.2. The second-order valence-electron chi connectivity index (χ2n) is 9.95. The number of fused-ring (bicyclic) bond motifs is 1. The molecular formula is C29H40F2N2O5S. The lowest BCUT2D eigenvalue weighted by Crippen LogP contribution is -2.44. The smallest absolute Gasteiger partial charge is 0.322 e. The molecule has 10 heteroatoms. The summed E-state index contributed by atoms with van der Waals surface area (Å²) < 4.78 is 54.0. The average Bonchev–Trinajstić information content (AvgIpc) is 2.90. The zero-order valence-electron chi connectivity index (χ0n) is 23.5. The minimum Gasteiger partial charge on any atom is -0.463 e. The molecule has 0 fully saturated rings. The van der Waals surface area contributed by atoms with E-state index in [0.29, 0.717) is 38.0 Å². The number of sulfone groups is 1. The molecule has 7 nitrogen and oxygen atoms in total. The highest BCUT2D eigenvalue weighted by Gasteiger charge is 2.37. The van der Waals surface area contributed by atoms with Crippen LogP contribution in [0.3, 0.4) is 0 Å². The summed E-state index contributed by atoms with van der Waals surface area (Å²) in [5.74, 6) is -4.64. The summed E-state index contributed by atoms with van der Waals surface area (Å²) in [6.45, 7) is 6.09. The highest BCUT2D eigenvalue weighted by Crippen LogP contribution is 2.27. The van der Waals surface area contributed by atoms with Crippen molar-refractivity contribution in [3.63, 3.8) is 0 Å². The highest BCUT2D eigenvalue weighted by molar-refractivity contribution is 7.90. The number of ether oxygens (including phenoxy) is 1. The molecule has 2 aromatic rings. The van der Waals surface area contributed by atoms with E-state index in [2.05, 4.69) is 31.9 Å². The van der Waals surface area contributed by atoms with Crippen LogP contribution in [0.15, 0.2) is 47.4 Å². The van der Waals surface area contributed by atoms with Gasteiger partial charge in [-0.15, -0.1) is 0 Å². The van der Waals surface area contributed by atoms with E-state index in [9.17, 15) is 26.8 Å². The maximum atomic E-state index is 13.1. The van der Waals surface area contributed by atoms with Crippen LogP contribution in [0.5, 0.6) is 0 Å². The Labute approximate surface area is 231 Å². The Morgan fingerprint density at radius 1 is 1.13 bits per heavy atom. The van der Waals surface area contributed by atoms with Gasteiger partial charge in [0, 0.05) is 50.6 Å². The van der Waals surface area contributed by atoms with E-state index < -0.39 is 21.7 Å². The summed E-state index contributed by atoms with van der Waals surface area (Å²) in [6, 6.07) is 13.3. The van der Waals surface area contributed by atoms with Crippen LogP contribution in [0.25, 0.3) is 0 Å². The number of anilines is 1. The van der Waals surface area contributed by atoms with Gasteiger partial charge in [0.25, 0.3) is 12.4 Å². The normalized spacial score (nSPS) is 13.3. The van der Waals surface area contributed by atoms with Crippen LogP contribution in [-0.4, -0.2) is 57.5 Å². The molecule has 0 bridgehead atoms. The fourth-order valence-electron chi connectivity index (χ4n) is 4.71. The van der Waals surface area contributed by atoms with E-state index in [1.165, 1.54) is 37.8 Å². The number of hydrogen-bond donors (Lipinski definition) is 0. The molecule has 1 aliphatic rings. The molecule has 0 saturated heterocycles. The maximum Gasteiger partial charge on any atom is 0.322 e. The van der Waals surface area contributed by atoms with E-state index in [-0.39, 0.29) is 18.0 Å². The Morgan fingerprint density at radius 3 is 2.33 bits per heavy atom. The fraction of sp³-hybridized carbons (Fsp3) is 0.517. The summed E-state index contributed by atoms with van der Waals surface area (Å²) in [4.78, 5) is 25.5. The van der Waals surface area contributed by atoms with Crippen molar-refractivity contribution in [2.24, 2.45) is 0 Å². The van der Waals surface area contributed by atoms with Crippen molar-refractivity contribution in [2.45, 2.75) is 82.9 Å². The maximum absolute atomic E-state index is 13.1. The topological polar surface area (TPSA) is 84.0 Å². The van der Waals surface area contributed by atoms with Crippen molar-refractivity contribution in [3.05, 3.63) is 59.2 Å². The van der Waals surface area contributed by atoms with E-state index in [1.807, 2.05) is 18.2 Å². The predicted octanol–water partition coefficient (Wildman–Crippen LogP) is 5.39. The molecule has 0 N–H and O–H groups in total. The van der Waals surface area contributed by atoms with Crippen molar-refractivity contribution in [3.8, 4) is 0 Å². The van der Waals surface area contributed by atoms with Crippen LogP contribution < -0.4 is 4.90 Å². The number of benzene rings is 2. The number of amides is 1. The van der Waals surface area contributed by atoms with Crippen LogP contribution in [0, 0.1) is 0 Å². The van der Waals surface area contributed by atoms with Gasteiger partial charge in [-0.3, -0.25) is 9.59 Å². The number of para-hydroxylation sites is 1. The number of alkyl halides is 2. The first-order valence-corrected chi connectivity index (χ1v) is 15.1. The molecule has 3 rings (SSSR count). The third-order valence-corrected chi connectivity index (χ3v) is 7.86. The molecule has 0 unspecified atom stereocenters. The molecule has 0 radical (unpaired) electrons. The number of nitrogens with zero attached hydrogens (tertiary/aromatic N) is 2. The molecule has 0 spiro atoms. The van der Waals surface area contributed by atoms with E-state index >= 15 is 0 Å². The predicted molar refractivity (Wildman–Crippen MR) is 149 cm³/mol. The van der Waals surface area contributed by atoms with Crippen LogP contribution in [0.2, 0.25) is 0 Å². The van der Waals surface area contributed by atoms with Gasteiger partial charge >= 0.3 is 5.92 Å². The zero-order valence-corrected chi connectivity index (χ0v) is 24.3. The molecule has 1 amide bonds. The second kappa shape index (κ2) is 14.4. The largest absolute Gasteiger partial charge is 0.463 e. The quantitative estimate of drug-likeness (QED) is 0.339. The Hall–Kier alpha value is -3.01. The molecule has 39 heavy (non-hydrogen) atoms. The molecular weight excluding hydrogens is 526 g/mol. The van der Waals surface area contributed by atoms with Crippen molar-refractivity contribution < 1.29 is 31.5 Å². The van der Waals surface area contributed by atoms with Crippen LogP contribution >= 0.6 is 0 Å². The lowest BCUT2D eigenvalue weighted by Gasteiger charge is -2.31. The van der Waals surface area contributed by atoms with Gasteiger partial charge in [-0.2, -0.15) is 8.78 Å². The van der Waals surface area contributed by atoms with Crippen LogP contribution in [0.4, 0.5) is 14.5 Å². The summed E-state index contributed by atoms with van der Waals surface area (Å²) in [6.07, 6.45) is 6.27. The second-order valence-corrected chi connectivity index (χ2v) is 12.0. The Balaban J connectivity index is 0.000000274. The summed E-state index contributed by atoms with van der Waals surface area (Å²) in [5.41, 5.74) is 3.73. The minimum atomic E-state index is -3.41. The Morgan fingerprint density at radius 2 is 1.77 bits per heavy atom. The van der Waals surface area contributed by atoms with Crippen LogP contribution in [-0.2, 0) is 43.7 Å². The zero-order chi connectivity index (χ0) is 29.2. The minimum absolute atomic E-state index is 0.0148. The summed E-state index contributed by atoms with van der Waals surface area (Å²) in [7, 11) is -1.22. The molecule has 0 saturated carbocycles. The first-order valence-electron chi connectivity index (χ1n) is 13.2. The van der Waals surface area contributed by atoms with Crippen LogP contribution in [0.1, 0.15) is 63.1 Å². The molecule has 0 aliphatic carbocycles. The van der Waals surface area contributed by atoms with Gasteiger partial charge in [-0.05, 0) is 48.6 Å². The van der Waals surface area contributed by atoms with Gasteiger partial charge in [0.2, 0.25) is 0 Å². The lowest BCUT2D eigenvalue weighted by molar-refractivity contribution is -0.155. The van der Waals surface area contributed by atoms with Crippen molar-refractivity contribution in [1.82, 2.24) is 4.90 Å². The van der Waals surface area contributed by atoms with E-state index in [4.69, 9.17) is 4.74 Å². The van der Waals surface area contributed by atoms with Gasteiger partial charge in [0.1, 0.15) is 6.61 Å². The van der Waals surface area contributed by atoms with Gasteiger partial charge < -0.3 is 14.5 Å². The van der Waals surface area contributed by atoms with Gasteiger partial charge in [0.05, 0.1) is 4.90 Å². The molecule has 216 valence electrons. The Kier molecular flexibility index (Phi) is 11.9. The molecule has 1 aliphatic heterocycles. The standard InChI is InChI=1S/C16H25NO2.C13H15F2NO3S/c1-4-8-15(9-5-2)17(3)16-11-7-6-10-14(16)12-19-13-18;1-13(14,15)12(17)16-6-5-9-3-4-11(20(2,18)19)7-10(9)8-16/h6-7,10-11,13,15H,4-5,8-9,12H2,1-3H3;3-4,7H,5-6,8H2,1-2H3. The molecule has 0 atom stereocenters. The summed E-state index contributed by atoms with van der Waals surface area (Å²) in [5, 5.41) is 0. The number of carbonyl (C=O) groups is 2. The van der Waals surface area contributed by atoms with Crippen molar-refractivity contribution in [1.29, 1.82) is 0 Å². The van der Waals surface area contributed by atoms with E-state index in [0.717, 1.165) is 28.0 Å². The highest BCUT2D eigenvalue weighted by atomic mass is 32.2. The van der Waals surface area contributed by atoms with Gasteiger partial charge in [-0.1, -0.05) is 51.0 Å².